The zero-order valence-electron chi connectivity index (χ0n) is 11.8. The van der Waals surface area contributed by atoms with Crippen LogP contribution in [0.3, 0.4) is 0 Å². The van der Waals surface area contributed by atoms with Gasteiger partial charge in [-0.1, -0.05) is 20.3 Å². The minimum absolute atomic E-state index is 0.0602. The van der Waals surface area contributed by atoms with Crippen molar-refractivity contribution in [2.75, 3.05) is 0 Å². The topological polar surface area (TPSA) is 91.3 Å². The average Bonchev–Trinajstić information content (AvgIpc) is 2.89. The normalized spacial score (nSPS) is 13.5. The van der Waals surface area contributed by atoms with Gasteiger partial charge < -0.3 is 15.7 Å². The lowest BCUT2D eigenvalue weighted by molar-refractivity contribution is -0.137. The third kappa shape index (κ3) is 5.56. The lowest BCUT2D eigenvalue weighted by Crippen LogP contribution is -2.44. The SMILES string of the molecule is CCCC(CC(=O)O)NC(=O)NC(CC)c1nccs1. The van der Waals surface area contributed by atoms with Crippen LogP contribution in [0.15, 0.2) is 11.6 Å². The van der Waals surface area contributed by atoms with E-state index in [-0.39, 0.29) is 24.5 Å². The second-order valence-electron chi connectivity index (χ2n) is 4.53. The minimum Gasteiger partial charge on any atom is -0.481 e. The Bertz CT molecular complexity index is 423. The summed E-state index contributed by atoms with van der Waals surface area (Å²) in [4.78, 5) is 26.9. The maximum Gasteiger partial charge on any atom is 0.315 e. The molecule has 2 amide bonds. The fraction of sp³-hybridized carbons (Fsp3) is 0.615. The summed E-state index contributed by atoms with van der Waals surface area (Å²) in [6.07, 6.45) is 3.84. The number of hydrogen-bond donors (Lipinski definition) is 3. The molecule has 2 atom stereocenters. The van der Waals surface area contributed by atoms with Gasteiger partial charge in [0, 0.05) is 17.6 Å². The minimum atomic E-state index is -0.907. The predicted octanol–water partition coefficient (Wildman–Crippen LogP) is 2.54. The number of amides is 2. The highest BCUT2D eigenvalue weighted by Crippen LogP contribution is 2.18. The third-order valence-corrected chi connectivity index (χ3v) is 3.75. The van der Waals surface area contributed by atoms with Gasteiger partial charge in [-0.3, -0.25) is 4.79 Å². The number of aromatic nitrogens is 1. The van der Waals surface area contributed by atoms with Gasteiger partial charge >= 0.3 is 12.0 Å². The standard InChI is InChI=1S/C13H21N3O3S/c1-3-5-9(8-11(17)18)15-13(19)16-10(4-2)12-14-6-7-20-12/h6-7,9-10H,3-5,8H2,1-2H3,(H,17,18)(H2,15,16,19). The van der Waals surface area contributed by atoms with Gasteiger partial charge in [-0.05, 0) is 12.8 Å². The van der Waals surface area contributed by atoms with Gasteiger partial charge in [0.1, 0.15) is 5.01 Å². The summed E-state index contributed by atoms with van der Waals surface area (Å²) < 4.78 is 0. The Morgan fingerprint density at radius 3 is 2.65 bits per heavy atom. The molecule has 112 valence electrons. The third-order valence-electron chi connectivity index (χ3n) is 2.86. The van der Waals surface area contributed by atoms with E-state index in [0.717, 1.165) is 17.8 Å². The monoisotopic (exact) mass is 299 g/mol. The molecule has 0 bridgehead atoms. The number of hydrogen-bond acceptors (Lipinski definition) is 4. The van der Waals surface area contributed by atoms with E-state index in [1.807, 2.05) is 19.2 Å². The second-order valence-corrected chi connectivity index (χ2v) is 5.46. The first-order valence-electron chi connectivity index (χ1n) is 6.75. The Morgan fingerprint density at radius 1 is 1.40 bits per heavy atom. The van der Waals surface area contributed by atoms with E-state index in [1.54, 1.807) is 6.20 Å². The van der Waals surface area contributed by atoms with Crippen LogP contribution in [0.4, 0.5) is 4.79 Å². The number of urea groups is 1. The van der Waals surface area contributed by atoms with Crippen molar-refractivity contribution in [3.05, 3.63) is 16.6 Å². The van der Waals surface area contributed by atoms with Crippen LogP contribution in [0.2, 0.25) is 0 Å². The first-order chi connectivity index (χ1) is 9.56. The van der Waals surface area contributed by atoms with Crippen LogP contribution in [0.5, 0.6) is 0 Å². The number of carbonyl (C=O) groups is 2. The van der Waals surface area contributed by atoms with E-state index in [4.69, 9.17) is 5.11 Å². The van der Waals surface area contributed by atoms with Crippen LogP contribution < -0.4 is 10.6 Å². The fourth-order valence-electron chi connectivity index (χ4n) is 1.91. The van der Waals surface area contributed by atoms with Crippen LogP contribution in [-0.2, 0) is 4.79 Å². The highest BCUT2D eigenvalue weighted by Gasteiger charge is 2.18. The predicted molar refractivity (Wildman–Crippen MR) is 77.8 cm³/mol. The molecule has 3 N–H and O–H groups in total. The van der Waals surface area contributed by atoms with Gasteiger partial charge in [-0.15, -0.1) is 11.3 Å². The fourth-order valence-corrected chi connectivity index (χ4v) is 2.69. The summed E-state index contributed by atoms with van der Waals surface area (Å²) in [6.45, 7) is 3.92. The number of rotatable bonds is 8. The summed E-state index contributed by atoms with van der Waals surface area (Å²) in [5.41, 5.74) is 0. The molecular formula is C13H21N3O3S. The molecule has 6 nitrogen and oxygen atoms in total. The molecule has 1 rings (SSSR count). The van der Waals surface area contributed by atoms with Crippen molar-refractivity contribution < 1.29 is 14.7 Å². The van der Waals surface area contributed by atoms with Crippen molar-refractivity contribution >= 4 is 23.3 Å². The van der Waals surface area contributed by atoms with Crippen molar-refractivity contribution in [3.8, 4) is 0 Å². The second kappa shape index (κ2) is 8.52. The highest BCUT2D eigenvalue weighted by atomic mass is 32.1. The van der Waals surface area contributed by atoms with Crippen LogP contribution in [0.1, 0.15) is 50.6 Å². The van der Waals surface area contributed by atoms with Crippen LogP contribution in [0.25, 0.3) is 0 Å². The Morgan fingerprint density at radius 2 is 2.15 bits per heavy atom. The van der Waals surface area contributed by atoms with Crippen molar-refractivity contribution in [2.45, 2.75) is 51.6 Å². The lowest BCUT2D eigenvalue weighted by atomic mass is 10.1. The molecule has 0 aliphatic rings. The van der Waals surface area contributed by atoms with Gasteiger partial charge in [-0.2, -0.15) is 0 Å². The number of carboxylic acids is 1. The molecule has 1 heterocycles. The Kier molecular flexibility index (Phi) is 7.00. The highest BCUT2D eigenvalue weighted by molar-refractivity contribution is 7.09. The number of thiazole rings is 1. The molecule has 1 aromatic rings. The van der Waals surface area contributed by atoms with Gasteiger partial charge in [0.15, 0.2) is 0 Å². The van der Waals surface area contributed by atoms with Gasteiger partial charge in [-0.25, -0.2) is 9.78 Å². The molecule has 0 saturated heterocycles. The Labute approximate surface area is 122 Å². The molecular weight excluding hydrogens is 278 g/mol. The van der Waals surface area contributed by atoms with E-state index in [9.17, 15) is 9.59 Å². The van der Waals surface area contributed by atoms with E-state index in [2.05, 4.69) is 15.6 Å². The molecule has 0 aliphatic heterocycles. The summed E-state index contributed by atoms with van der Waals surface area (Å²) in [6, 6.07) is -0.819. The maximum atomic E-state index is 11.9. The first-order valence-corrected chi connectivity index (χ1v) is 7.63. The molecule has 0 saturated carbocycles. The van der Waals surface area contributed by atoms with E-state index < -0.39 is 5.97 Å². The lowest BCUT2D eigenvalue weighted by Gasteiger charge is -2.20. The van der Waals surface area contributed by atoms with Crippen molar-refractivity contribution in [1.29, 1.82) is 0 Å². The number of nitrogens with zero attached hydrogens (tertiary/aromatic N) is 1. The Balaban J connectivity index is 2.53. The Hall–Kier alpha value is -1.63. The summed E-state index contributed by atoms with van der Waals surface area (Å²) in [5, 5.41) is 17.1. The molecule has 0 radical (unpaired) electrons. The van der Waals surface area contributed by atoms with Crippen molar-refractivity contribution in [2.24, 2.45) is 0 Å². The number of aliphatic carboxylic acids is 1. The van der Waals surface area contributed by atoms with E-state index in [1.165, 1.54) is 11.3 Å². The molecule has 0 aromatic carbocycles. The molecule has 2 unspecified atom stereocenters. The quantitative estimate of drug-likeness (QED) is 0.688. The first kappa shape index (κ1) is 16.4. The zero-order valence-corrected chi connectivity index (χ0v) is 12.6. The zero-order chi connectivity index (χ0) is 15.0. The molecule has 1 aromatic heterocycles. The molecule has 0 spiro atoms. The molecule has 7 heteroatoms. The summed E-state index contributed by atoms with van der Waals surface area (Å²) in [5.74, 6) is -0.907. The van der Waals surface area contributed by atoms with Crippen LogP contribution in [-0.4, -0.2) is 28.1 Å². The van der Waals surface area contributed by atoms with E-state index >= 15 is 0 Å². The largest absolute Gasteiger partial charge is 0.481 e. The van der Waals surface area contributed by atoms with Crippen molar-refractivity contribution in [3.63, 3.8) is 0 Å². The number of nitrogens with one attached hydrogen (secondary N) is 2. The van der Waals surface area contributed by atoms with Crippen molar-refractivity contribution in [1.82, 2.24) is 15.6 Å². The number of carboxylic acid groups (broad SMARTS) is 1. The molecule has 20 heavy (non-hydrogen) atoms. The molecule has 0 aliphatic carbocycles. The van der Waals surface area contributed by atoms with E-state index in [0.29, 0.717) is 6.42 Å². The van der Waals surface area contributed by atoms with Crippen LogP contribution in [0, 0.1) is 0 Å². The smallest absolute Gasteiger partial charge is 0.315 e. The van der Waals surface area contributed by atoms with Gasteiger partial charge in [0.05, 0.1) is 12.5 Å². The van der Waals surface area contributed by atoms with Crippen LogP contribution >= 0.6 is 11.3 Å². The number of carbonyl (C=O) groups excluding carboxylic acids is 1. The average molecular weight is 299 g/mol. The summed E-state index contributed by atoms with van der Waals surface area (Å²) >= 11 is 1.49. The molecule has 0 fully saturated rings. The van der Waals surface area contributed by atoms with Gasteiger partial charge in [0.25, 0.3) is 0 Å². The maximum absolute atomic E-state index is 11.9. The van der Waals surface area contributed by atoms with Gasteiger partial charge in [0.2, 0.25) is 0 Å². The summed E-state index contributed by atoms with van der Waals surface area (Å²) in [7, 11) is 0.